The number of rotatable bonds is 6. The van der Waals surface area contributed by atoms with Crippen LogP contribution in [0, 0.1) is 12.8 Å². The molecule has 1 atom stereocenters. The molecule has 0 spiro atoms. The molecule has 29 heavy (non-hydrogen) atoms. The van der Waals surface area contributed by atoms with Gasteiger partial charge in [-0.1, -0.05) is 6.07 Å². The monoisotopic (exact) mass is 401 g/mol. The number of anilines is 1. The predicted molar refractivity (Wildman–Crippen MR) is 113 cm³/mol. The van der Waals surface area contributed by atoms with Crippen molar-refractivity contribution < 1.29 is 19.1 Å². The first-order chi connectivity index (χ1) is 13.7. The number of esters is 1. The molecule has 158 valence electrons. The van der Waals surface area contributed by atoms with Crippen LogP contribution in [-0.4, -0.2) is 63.0 Å². The van der Waals surface area contributed by atoms with Gasteiger partial charge in [-0.25, -0.2) is 4.79 Å². The first kappa shape index (κ1) is 22.5. The highest BCUT2D eigenvalue weighted by molar-refractivity contribution is 5.92. The number of hydrogen-bond donors (Lipinski definition) is 1. The summed E-state index contributed by atoms with van der Waals surface area (Å²) >= 11 is 0. The normalized spacial score (nSPS) is 15.8. The van der Waals surface area contributed by atoms with Crippen molar-refractivity contribution in [2.75, 3.05) is 39.2 Å². The lowest BCUT2D eigenvalue weighted by Gasteiger charge is -2.31. The molecule has 1 fully saturated rings. The molecule has 1 aromatic carbocycles. The number of aryl methyl sites for hydroxylation is 1. The van der Waals surface area contributed by atoms with Crippen molar-refractivity contribution in [1.29, 1.82) is 0 Å². The smallest absolute Gasteiger partial charge is 0.328 e. The molecular weight excluding hydrogens is 370 g/mol. The summed E-state index contributed by atoms with van der Waals surface area (Å²) in [6.45, 7) is 4.68. The van der Waals surface area contributed by atoms with Gasteiger partial charge in [-0.15, -0.1) is 0 Å². The van der Waals surface area contributed by atoms with Crippen LogP contribution in [0.3, 0.4) is 0 Å². The fourth-order valence-electron chi connectivity index (χ4n) is 3.49. The van der Waals surface area contributed by atoms with Crippen molar-refractivity contribution in [3.8, 4) is 0 Å². The van der Waals surface area contributed by atoms with Gasteiger partial charge in [-0.05, 0) is 56.0 Å². The van der Waals surface area contributed by atoms with E-state index < -0.39 is 12.0 Å². The number of methoxy groups -OCH3 is 1. The fraction of sp³-hybridized carbons (Fsp3) is 0.500. The maximum absolute atomic E-state index is 12.5. The van der Waals surface area contributed by atoms with Crippen LogP contribution < -0.4 is 10.2 Å². The Morgan fingerprint density at radius 1 is 1.24 bits per heavy atom. The van der Waals surface area contributed by atoms with E-state index in [1.54, 1.807) is 17.9 Å². The van der Waals surface area contributed by atoms with Crippen LogP contribution in [0.5, 0.6) is 0 Å². The quantitative estimate of drug-likeness (QED) is 0.583. The van der Waals surface area contributed by atoms with Gasteiger partial charge < -0.3 is 19.9 Å². The molecule has 1 aromatic rings. The zero-order valence-electron chi connectivity index (χ0n) is 17.9. The van der Waals surface area contributed by atoms with Crippen molar-refractivity contribution in [3.63, 3.8) is 0 Å². The molecule has 0 radical (unpaired) electrons. The van der Waals surface area contributed by atoms with Crippen LogP contribution in [0.15, 0.2) is 24.3 Å². The summed E-state index contributed by atoms with van der Waals surface area (Å²) in [6.07, 6.45) is 4.57. The Hall–Kier alpha value is -2.83. The van der Waals surface area contributed by atoms with Crippen LogP contribution in [-0.2, 0) is 19.1 Å². The number of nitrogens with zero attached hydrogens (tertiary/aromatic N) is 2. The number of likely N-dealkylation sites (tertiary alicyclic amines) is 1. The zero-order chi connectivity index (χ0) is 21.6. The standard InChI is InChI=1S/C22H31N3O4/c1-15-14-17(6-8-19(15)24(3)4)7-9-20(26)25-12-10-18(11-13-25)21(27)23-16(2)22(28)29-5/h6-9,14,16,18H,10-13H2,1-5H3,(H,23,27)/b9-7+/t16-/m0/s1. The predicted octanol–water partition coefficient (Wildman–Crippen LogP) is 1.99. The molecule has 2 amide bonds. The van der Waals surface area contributed by atoms with E-state index in [4.69, 9.17) is 0 Å². The summed E-state index contributed by atoms with van der Waals surface area (Å²) in [5.41, 5.74) is 3.28. The Kier molecular flexibility index (Phi) is 7.82. The molecule has 0 unspecified atom stereocenters. The second kappa shape index (κ2) is 10.1. The Bertz CT molecular complexity index is 780. The lowest BCUT2D eigenvalue weighted by molar-refractivity contribution is -0.145. The van der Waals surface area contributed by atoms with E-state index in [1.807, 2.05) is 39.2 Å². The molecule has 1 aliphatic rings. The zero-order valence-corrected chi connectivity index (χ0v) is 17.9. The number of nitrogens with one attached hydrogen (secondary N) is 1. The van der Waals surface area contributed by atoms with E-state index in [1.165, 1.54) is 7.11 Å². The molecule has 1 N–H and O–H groups in total. The van der Waals surface area contributed by atoms with Crippen molar-refractivity contribution in [1.82, 2.24) is 10.2 Å². The van der Waals surface area contributed by atoms with Gasteiger partial charge in [0.25, 0.3) is 0 Å². The second-order valence-electron chi connectivity index (χ2n) is 7.63. The maximum atomic E-state index is 12.5. The average Bonchev–Trinajstić information content (AvgIpc) is 2.71. The summed E-state index contributed by atoms with van der Waals surface area (Å²) in [6, 6.07) is 5.42. The summed E-state index contributed by atoms with van der Waals surface area (Å²) in [7, 11) is 5.29. The molecule has 7 nitrogen and oxygen atoms in total. The van der Waals surface area contributed by atoms with Crippen LogP contribution in [0.2, 0.25) is 0 Å². The van der Waals surface area contributed by atoms with Crippen LogP contribution in [0.1, 0.15) is 30.9 Å². The third-order valence-electron chi connectivity index (χ3n) is 5.21. The van der Waals surface area contributed by atoms with Gasteiger partial charge in [-0.2, -0.15) is 0 Å². The lowest BCUT2D eigenvalue weighted by atomic mass is 9.95. The summed E-state index contributed by atoms with van der Waals surface area (Å²) in [4.78, 5) is 40.0. The molecule has 0 saturated carbocycles. The highest BCUT2D eigenvalue weighted by Crippen LogP contribution is 2.21. The van der Waals surface area contributed by atoms with E-state index in [-0.39, 0.29) is 17.7 Å². The van der Waals surface area contributed by atoms with E-state index in [2.05, 4.69) is 21.0 Å². The number of ether oxygens (including phenoxy) is 1. The summed E-state index contributed by atoms with van der Waals surface area (Å²) in [5.74, 6) is -0.885. The highest BCUT2D eigenvalue weighted by Gasteiger charge is 2.28. The Labute approximate surface area is 172 Å². The molecule has 0 aliphatic carbocycles. The van der Waals surface area contributed by atoms with Crippen molar-refractivity contribution in [3.05, 3.63) is 35.4 Å². The van der Waals surface area contributed by atoms with Gasteiger partial charge >= 0.3 is 5.97 Å². The van der Waals surface area contributed by atoms with Gasteiger partial charge in [0, 0.05) is 44.9 Å². The minimum Gasteiger partial charge on any atom is -0.467 e. The number of carbonyl (C=O) groups is 3. The topological polar surface area (TPSA) is 79.0 Å². The summed E-state index contributed by atoms with van der Waals surface area (Å²) < 4.78 is 4.62. The SMILES string of the molecule is COC(=O)[C@H](C)NC(=O)C1CCN(C(=O)/C=C/c2ccc(N(C)C)c(C)c2)CC1. The average molecular weight is 402 g/mol. The Morgan fingerprint density at radius 2 is 1.90 bits per heavy atom. The minimum atomic E-state index is -0.669. The largest absolute Gasteiger partial charge is 0.467 e. The van der Waals surface area contributed by atoms with Gasteiger partial charge in [-0.3, -0.25) is 9.59 Å². The van der Waals surface area contributed by atoms with Gasteiger partial charge in [0.15, 0.2) is 0 Å². The number of piperidine rings is 1. The van der Waals surface area contributed by atoms with Crippen LogP contribution in [0.4, 0.5) is 5.69 Å². The molecule has 1 saturated heterocycles. The van der Waals surface area contributed by atoms with Crippen molar-refractivity contribution >= 4 is 29.5 Å². The number of benzene rings is 1. The first-order valence-electron chi connectivity index (χ1n) is 9.86. The number of carbonyl (C=O) groups excluding carboxylic acids is 3. The van der Waals surface area contributed by atoms with Crippen LogP contribution >= 0.6 is 0 Å². The van der Waals surface area contributed by atoms with Gasteiger partial charge in [0.05, 0.1) is 7.11 Å². The van der Waals surface area contributed by atoms with Crippen LogP contribution in [0.25, 0.3) is 6.08 Å². The third kappa shape index (κ3) is 6.07. The van der Waals surface area contributed by atoms with Gasteiger partial charge in [0.2, 0.25) is 11.8 Å². The van der Waals surface area contributed by atoms with E-state index >= 15 is 0 Å². The fourth-order valence-corrected chi connectivity index (χ4v) is 3.49. The number of amides is 2. The summed E-state index contributed by atoms with van der Waals surface area (Å²) in [5, 5.41) is 2.67. The molecule has 2 rings (SSSR count). The Morgan fingerprint density at radius 3 is 2.45 bits per heavy atom. The molecule has 1 heterocycles. The second-order valence-corrected chi connectivity index (χ2v) is 7.63. The minimum absolute atomic E-state index is 0.0545. The molecule has 0 bridgehead atoms. The van der Waals surface area contributed by atoms with Crippen molar-refractivity contribution in [2.24, 2.45) is 5.92 Å². The van der Waals surface area contributed by atoms with E-state index in [0.29, 0.717) is 25.9 Å². The molecular formula is C22H31N3O4. The number of hydrogen-bond acceptors (Lipinski definition) is 5. The first-order valence-corrected chi connectivity index (χ1v) is 9.86. The maximum Gasteiger partial charge on any atom is 0.328 e. The third-order valence-corrected chi connectivity index (χ3v) is 5.21. The molecule has 1 aliphatic heterocycles. The van der Waals surface area contributed by atoms with Gasteiger partial charge in [0.1, 0.15) is 6.04 Å². The van der Waals surface area contributed by atoms with E-state index in [9.17, 15) is 14.4 Å². The Balaban J connectivity index is 1.87. The highest BCUT2D eigenvalue weighted by atomic mass is 16.5. The molecule has 7 heteroatoms. The van der Waals surface area contributed by atoms with Crippen molar-refractivity contribution in [2.45, 2.75) is 32.7 Å². The lowest BCUT2D eigenvalue weighted by Crippen LogP contribution is -2.46. The molecule has 0 aromatic heterocycles. The van der Waals surface area contributed by atoms with E-state index in [0.717, 1.165) is 16.8 Å².